The van der Waals surface area contributed by atoms with E-state index in [1.807, 2.05) is 30.1 Å². The third kappa shape index (κ3) is 5.13. The Morgan fingerprint density at radius 1 is 1.19 bits per heavy atom. The van der Waals surface area contributed by atoms with Crippen LogP contribution in [0.1, 0.15) is 38.7 Å². The molecule has 1 aliphatic carbocycles. The van der Waals surface area contributed by atoms with Crippen molar-refractivity contribution in [1.29, 1.82) is 0 Å². The highest BCUT2D eigenvalue weighted by molar-refractivity contribution is 5.95. The molecule has 7 heteroatoms. The van der Waals surface area contributed by atoms with Crippen LogP contribution in [0.5, 0.6) is 11.5 Å². The van der Waals surface area contributed by atoms with E-state index in [-0.39, 0.29) is 25.3 Å². The molecular formula is C20H29N3O4. The van der Waals surface area contributed by atoms with Crippen molar-refractivity contribution in [1.82, 2.24) is 15.5 Å². The van der Waals surface area contributed by atoms with Gasteiger partial charge in [-0.05, 0) is 43.0 Å². The third-order valence-corrected chi connectivity index (χ3v) is 5.58. The first-order valence-corrected chi connectivity index (χ1v) is 9.60. The molecule has 0 spiro atoms. The minimum atomic E-state index is -0.401. The van der Waals surface area contributed by atoms with Crippen LogP contribution >= 0.6 is 0 Å². The van der Waals surface area contributed by atoms with Gasteiger partial charge in [0.15, 0.2) is 11.5 Å². The van der Waals surface area contributed by atoms with Gasteiger partial charge in [-0.25, -0.2) is 4.79 Å². The molecule has 1 heterocycles. The standard InChI is InChI=1S/C20H29N3O4/c1-13-5-4-6-16(14(13)2)21-20(25)22-19(24)11-23(3)10-15-7-8-17-18(9-15)27-12-26-17/h7-9,13-14,16H,4-6,10-12H2,1-3H3,(H2,21,22,24,25)/t13-,14+,16+/m1/s1. The van der Waals surface area contributed by atoms with E-state index in [4.69, 9.17) is 9.47 Å². The maximum absolute atomic E-state index is 12.2. The molecule has 1 fully saturated rings. The summed E-state index contributed by atoms with van der Waals surface area (Å²) < 4.78 is 10.7. The summed E-state index contributed by atoms with van der Waals surface area (Å²) in [6.45, 7) is 5.33. The van der Waals surface area contributed by atoms with Gasteiger partial charge in [-0.2, -0.15) is 0 Å². The summed E-state index contributed by atoms with van der Waals surface area (Å²) in [5, 5.41) is 5.41. The maximum Gasteiger partial charge on any atom is 0.321 e. The van der Waals surface area contributed by atoms with E-state index in [2.05, 4.69) is 24.5 Å². The molecule has 2 aliphatic rings. The molecule has 1 aromatic rings. The van der Waals surface area contributed by atoms with Crippen molar-refractivity contribution in [3.63, 3.8) is 0 Å². The Hall–Kier alpha value is -2.28. The summed E-state index contributed by atoms with van der Waals surface area (Å²) in [5.74, 6) is 2.16. The van der Waals surface area contributed by atoms with Crippen LogP contribution in [0.25, 0.3) is 0 Å². The number of imide groups is 1. The van der Waals surface area contributed by atoms with Crippen LogP contribution in [-0.4, -0.2) is 43.3 Å². The Kier molecular flexibility index (Phi) is 6.21. The zero-order valence-electron chi connectivity index (χ0n) is 16.3. The Morgan fingerprint density at radius 2 is 1.96 bits per heavy atom. The summed E-state index contributed by atoms with van der Waals surface area (Å²) in [4.78, 5) is 26.2. The molecule has 0 radical (unpaired) electrons. The number of hydrogen-bond donors (Lipinski definition) is 2. The van der Waals surface area contributed by atoms with Crippen LogP contribution in [-0.2, 0) is 11.3 Å². The lowest BCUT2D eigenvalue weighted by molar-refractivity contribution is -0.121. The first kappa shape index (κ1) is 19.5. The minimum Gasteiger partial charge on any atom is -0.454 e. The number of hydrogen-bond acceptors (Lipinski definition) is 5. The van der Waals surface area contributed by atoms with Gasteiger partial charge in [0.1, 0.15) is 0 Å². The van der Waals surface area contributed by atoms with E-state index in [9.17, 15) is 9.59 Å². The number of fused-ring (bicyclic) bond motifs is 1. The lowest BCUT2D eigenvalue weighted by Crippen LogP contribution is -2.50. The molecule has 7 nitrogen and oxygen atoms in total. The van der Waals surface area contributed by atoms with Gasteiger partial charge in [-0.1, -0.05) is 32.8 Å². The number of carbonyl (C=O) groups is 2. The van der Waals surface area contributed by atoms with E-state index < -0.39 is 6.03 Å². The Balaban J connectivity index is 1.43. The molecule has 1 aromatic carbocycles. The predicted molar refractivity (Wildman–Crippen MR) is 102 cm³/mol. The number of ether oxygens (including phenoxy) is 2. The molecule has 0 saturated heterocycles. The van der Waals surface area contributed by atoms with E-state index in [0.29, 0.717) is 18.4 Å². The second-order valence-corrected chi connectivity index (χ2v) is 7.76. The number of likely N-dealkylation sites (N-methyl/N-ethyl adjacent to an activating group) is 1. The molecule has 2 N–H and O–H groups in total. The highest BCUT2D eigenvalue weighted by Crippen LogP contribution is 2.32. The zero-order chi connectivity index (χ0) is 19.4. The van der Waals surface area contributed by atoms with Crippen LogP contribution in [0.2, 0.25) is 0 Å². The quantitative estimate of drug-likeness (QED) is 0.827. The van der Waals surface area contributed by atoms with Crippen molar-refractivity contribution in [2.45, 2.75) is 45.7 Å². The van der Waals surface area contributed by atoms with Crippen molar-refractivity contribution < 1.29 is 19.1 Å². The normalized spacial score (nSPS) is 23.9. The molecule has 0 aromatic heterocycles. The predicted octanol–water partition coefficient (Wildman–Crippen LogP) is 2.50. The number of nitrogens with one attached hydrogen (secondary N) is 2. The van der Waals surface area contributed by atoms with Gasteiger partial charge in [0, 0.05) is 12.6 Å². The molecular weight excluding hydrogens is 346 g/mol. The number of carbonyl (C=O) groups excluding carboxylic acids is 2. The first-order chi connectivity index (χ1) is 12.9. The highest BCUT2D eigenvalue weighted by atomic mass is 16.7. The third-order valence-electron chi connectivity index (χ3n) is 5.58. The van der Waals surface area contributed by atoms with Crippen molar-refractivity contribution in [2.24, 2.45) is 11.8 Å². The average molecular weight is 375 g/mol. The van der Waals surface area contributed by atoms with E-state index in [1.54, 1.807) is 0 Å². The average Bonchev–Trinajstić information content (AvgIpc) is 3.06. The Labute approximate surface area is 160 Å². The first-order valence-electron chi connectivity index (χ1n) is 9.60. The van der Waals surface area contributed by atoms with Gasteiger partial charge in [0.2, 0.25) is 12.7 Å². The molecule has 0 bridgehead atoms. The fraction of sp³-hybridized carbons (Fsp3) is 0.600. The molecule has 1 aliphatic heterocycles. The van der Waals surface area contributed by atoms with Gasteiger partial charge in [0.05, 0.1) is 6.54 Å². The van der Waals surface area contributed by atoms with Gasteiger partial charge in [-0.15, -0.1) is 0 Å². The van der Waals surface area contributed by atoms with Crippen molar-refractivity contribution in [2.75, 3.05) is 20.4 Å². The van der Waals surface area contributed by atoms with Crippen LogP contribution in [0.4, 0.5) is 4.79 Å². The van der Waals surface area contributed by atoms with Gasteiger partial charge < -0.3 is 14.8 Å². The molecule has 3 amide bonds. The molecule has 3 atom stereocenters. The van der Waals surface area contributed by atoms with Gasteiger partial charge >= 0.3 is 6.03 Å². The summed E-state index contributed by atoms with van der Waals surface area (Å²) in [6, 6.07) is 5.45. The summed E-state index contributed by atoms with van der Waals surface area (Å²) in [5.41, 5.74) is 1.02. The second kappa shape index (κ2) is 8.61. The van der Waals surface area contributed by atoms with Crippen molar-refractivity contribution in [3.8, 4) is 11.5 Å². The number of nitrogens with zero attached hydrogens (tertiary/aromatic N) is 1. The Bertz CT molecular complexity index is 694. The van der Waals surface area contributed by atoms with Gasteiger partial charge in [-0.3, -0.25) is 15.0 Å². The fourth-order valence-electron chi connectivity index (χ4n) is 3.81. The van der Waals surface area contributed by atoms with Crippen LogP contribution in [0.15, 0.2) is 18.2 Å². The second-order valence-electron chi connectivity index (χ2n) is 7.76. The monoisotopic (exact) mass is 375 g/mol. The van der Waals surface area contributed by atoms with Crippen LogP contribution < -0.4 is 20.1 Å². The molecule has 3 rings (SSSR count). The number of rotatable bonds is 5. The molecule has 27 heavy (non-hydrogen) atoms. The maximum atomic E-state index is 12.2. The van der Waals surface area contributed by atoms with Crippen LogP contribution in [0, 0.1) is 11.8 Å². The topological polar surface area (TPSA) is 79.9 Å². The van der Waals surface area contributed by atoms with Crippen molar-refractivity contribution in [3.05, 3.63) is 23.8 Å². The Morgan fingerprint density at radius 3 is 2.78 bits per heavy atom. The minimum absolute atomic E-state index is 0.132. The van der Waals surface area contributed by atoms with E-state index >= 15 is 0 Å². The summed E-state index contributed by atoms with van der Waals surface area (Å²) in [6.07, 6.45) is 3.28. The number of amides is 3. The largest absolute Gasteiger partial charge is 0.454 e. The summed E-state index contributed by atoms with van der Waals surface area (Å²) in [7, 11) is 1.84. The van der Waals surface area contributed by atoms with Crippen LogP contribution in [0.3, 0.4) is 0 Å². The molecule has 0 unspecified atom stereocenters. The molecule has 148 valence electrons. The summed E-state index contributed by atoms with van der Waals surface area (Å²) >= 11 is 0. The SMILES string of the molecule is C[C@H]1[C@H](C)CCC[C@@H]1NC(=O)NC(=O)CN(C)Cc1ccc2c(c1)OCO2. The van der Waals surface area contributed by atoms with Gasteiger partial charge in [0.25, 0.3) is 0 Å². The number of urea groups is 1. The molecule has 1 saturated carbocycles. The smallest absolute Gasteiger partial charge is 0.321 e. The van der Waals surface area contributed by atoms with E-state index in [0.717, 1.165) is 29.9 Å². The number of benzene rings is 1. The zero-order valence-corrected chi connectivity index (χ0v) is 16.3. The van der Waals surface area contributed by atoms with E-state index in [1.165, 1.54) is 6.42 Å². The highest BCUT2D eigenvalue weighted by Gasteiger charge is 2.28. The van der Waals surface area contributed by atoms with Crippen molar-refractivity contribution >= 4 is 11.9 Å². The fourth-order valence-corrected chi connectivity index (χ4v) is 3.81. The lowest BCUT2D eigenvalue weighted by Gasteiger charge is -2.34. The lowest BCUT2D eigenvalue weighted by atomic mass is 9.78.